The van der Waals surface area contributed by atoms with E-state index in [0.717, 1.165) is 39.0 Å². The molecule has 1 fully saturated rings. The highest BCUT2D eigenvalue weighted by Crippen LogP contribution is 2.07. The Labute approximate surface area is 92.3 Å². The number of rotatable bonds is 5. The van der Waals surface area contributed by atoms with Gasteiger partial charge in [0.25, 0.3) is 0 Å². The zero-order valence-corrected chi connectivity index (χ0v) is 10.2. The maximum Gasteiger partial charge on any atom is 0.147 e. The first-order chi connectivity index (χ1) is 7.08. The number of nitrogens with one attached hydrogen (secondary N) is 1. The molecule has 0 aliphatic carbocycles. The summed E-state index contributed by atoms with van der Waals surface area (Å²) in [5, 5.41) is 3.39. The molecule has 1 N–H and O–H groups in total. The van der Waals surface area contributed by atoms with E-state index in [1.54, 1.807) is 0 Å². The Kier molecular flexibility index (Phi) is 5.56. The maximum atomic E-state index is 10.9. The quantitative estimate of drug-likeness (QED) is 0.708. The van der Waals surface area contributed by atoms with Crippen LogP contribution in [0.25, 0.3) is 0 Å². The van der Waals surface area contributed by atoms with E-state index in [2.05, 4.69) is 5.32 Å². The van der Waals surface area contributed by atoms with Crippen LogP contribution < -0.4 is 5.32 Å². The van der Waals surface area contributed by atoms with Gasteiger partial charge in [0.05, 0.1) is 5.75 Å². The van der Waals surface area contributed by atoms with Gasteiger partial charge in [0, 0.05) is 25.5 Å². The second-order valence-corrected chi connectivity index (χ2v) is 6.44. The van der Waals surface area contributed by atoms with Crippen molar-refractivity contribution in [2.75, 3.05) is 31.8 Å². The van der Waals surface area contributed by atoms with E-state index in [-0.39, 0.29) is 5.75 Å². The molecule has 0 bridgehead atoms. The Bertz CT molecular complexity index is 256. The minimum absolute atomic E-state index is 0.281. The Morgan fingerprint density at radius 3 is 2.87 bits per heavy atom. The van der Waals surface area contributed by atoms with Crippen molar-refractivity contribution in [1.82, 2.24) is 5.32 Å². The molecule has 4 nitrogen and oxygen atoms in total. The van der Waals surface area contributed by atoms with Crippen LogP contribution in [-0.4, -0.2) is 46.2 Å². The summed E-state index contributed by atoms with van der Waals surface area (Å²) in [5.74, 6) is 0.281. The minimum Gasteiger partial charge on any atom is -0.381 e. The lowest BCUT2D eigenvalue weighted by Gasteiger charge is -2.14. The van der Waals surface area contributed by atoms with E-state index < -0.39 is 9.84 Å². The van der Waals surface area contributed by atoms with Crippen LogP contribution >= 0.6 is 0 Å². The van der Waals surface area contributed by atoms with E-state index >= 15 is 0 Å². The van der Waals surface area contributed by atoms with E-state index in [1.165, 1.54) is 6.26 Å². The van der Waals surface area contributed by atoms with Gasteiger partial charge in [-0.3, -0.25) is 0 Å². The smallest absolute Gasteiger partial charge is 0.147 e. The summed E-state index contributed by atoms with van der Waals surface area (Å²) in [6.07, 6.45) is 5.27. The van der Waals surface area contributed by atoms with E-state index in [4.69, 9.17) is 4.74 Å². The molecule has 5 heteroatoms. The first kappa shape index (κ1) is 12.9. The van der Waals surface area contributed by atoms with Crippen LogP contribution in [0, 0.1) is 0 Å². The van der Waals surface area contributed by atoms with Crippen LogP contribution in [0.2, 0.25) is 0 Å². The molecule has 15 heavy (non-hydrogen) atoms. The molecule has 1 rings (SSSR count). The summed E-state index contributed by atoms with van der Waals surface area (Å²) in [7, 11) is -2.80. The fraction of sp³-hybridized carbons (Fsp3) is 1.00. The molecule has 0 aromatic carbocycles. The van der Waals surface area contributed by atoms with Crippen LogP contribution in [0.4, 0.5) is 0 Å². The van der Waals surface area contributed by atoms with Crippen molar-refractivity contribution < 1.29 is 13.2 Å². The Morgan fingerprint density at radius 2 is 2.13 bits per heavy atom. The van der Waals surface area contributed by atoms with Crippen molar-refractivity contribution >= 4 is 9.84 Å². The molecule has 1 unspecified atom stereocenters. The molecule has 1 atom stereocenters. The second kappa shape index (κ2) is 6.45. The van der Waals surface area contributed by atoms with Gasteiger partial charge < -0.3 is 10.1 Å². The van der Waals surface area contributed by atoms with Crippen LogP contribution in [0.1, 0.15) is 25.7 Å². The molecule has 0 spiro atoms. The molecular weight excluding hydrogens is 214 g/mol. The molecule has 90 valence electrons. The van der Waals surface area contributed by atoms with Crippen LogP contribution in [-0.2, 0) is 14.6 Å². The van der Waals surface area contributed by atoms with E-state index in [1.807, 2.05) is 0 Å². The van der Waals surface area contributed by atoms with Crippen molar-refractivity contribution in [2.24, 2.45) is 0 Å². The Hall–Kier alpha value is -0.130. The third-order valence-corrected chi connectivity index (χ3v) is 3.61. The lowest BCUT2D eigenvalue weighted by atomic mass is 10.1. The van der Waals surface area contributed by atoms with Crippen LogP contribution in [0.5, 0.6) is 0 Å². The van der Waals surface area contributed by atoms with Crippen molar-refractivity contribution in [3.63, 3.8) is 0 Å². The fourth-order valence-electron chi connectivity index (χ4n) is 1.75. The van der Waals surface area contributed by atoms with Gasteiger partial charge >= 0.3 is 0 Å². The van der Waals surface area contributed by atoms with Crippen molar-refractivity contribution in [1.29, 1.82) is 0 Å². The standard InChI is InChI=1S/C10H21NO3S/c1-15(12,13)9-3-6-11-10-4-2-7-14-8-5-10/h10-11H,2-9H2,1H3. The highest BCUT2D eigenvalue weighted by Gasteiger charge is 2.11. The summed E-state index contributed by atoms with van der Waals surface area (Å²) in [6.45, 7) is 2.48. The summed E-state index contributed by atoms with van der Waals surface area (Å²) in [6, 6.07) is 0.507. The summed E-state index contributed by atoms with van der Waals surface area (Å²) in [4.78, 5) is 0. The predicted molar refractivity (Wildman–Crippen MR) is 60.8 cm³/mol. The first-order valence-corrected chi connectivity index (χ1v) is 7.63. The molecule has 0 radical (unpaired) electrons. The average molecular weight is 235 g/mol. The van der Waals surface area contributed by atoms with Crippen molar-refractivity contribution in [3.05, 3.63) is 0 Å². The van der Waals surface area contributed by atoms with Gasteiger partial charge in [-0.1, -0.05) is 0 Å². The van der Waals surface area contributed by atoms with Gasteiger partial charge in [0.1, 0.15) is 9.84 Å². The van der Waals surface area contributed by atoms with Gasteiger partial charge in [0.2, 0.25) is 0 Å². The molecule has 1 aliphatic rings. The second-order valence-electron chi connectivity index (χ2n) is 4.18. The third-order valence-electron chi connectivity index (χ3n) is 2.58. The highest BCUT2D eigenvalue weighted by molar-refractivity contribution is 7.90. The monoisotopic (exact) mass is 235 g/mol. The van der Waals surface area contributed by atoms with Gasteiger partial charge in [-0.25, -0.2) is 8.42 Å². The molecular formula is C10H21NO3S. The maximum absolute atomic E-state index is 10.9. The lowest BCUT2D eigenvalue weighted by Crippen LogP contribution is -2.31. The third kappa shape index (κ3) is 6.87. The highest BCUT2D eigenvalue weighted by atomic mass is 32.2. The molecule has 1 saturated heterocycles. The lowest BCUT2D eigenvalue weighted by molar-refractivity contribution is 0.142. The molecule has 0 aromatic heterocycles. The van der Waals surface area contributed by atoms with Gasteiger partial charge in [-0.2, -0.15) is 0 Å². The van der Waals surface area contributed by atoms with Gasteiger partial charge in [0.15, 0.2) is 0 Å². The SMILES string of the molecule is CS(=O)(=O)CCCNC1CCCOCC1. The Balaban J connectivity index is 2.08. The predicted octanol–water partition coefficient (Wildman–Crippen LogP) is 0.580. The number of hydrogen-bond donors (Lipinski definition) is 1. The van der Waals surface area contributed by atoms with Crippen LogP contribution in [0.15, 0.2) is 0 Å². The molecule has 1 heterocycles. The summed E-state index contributed by atoms with van der Waals surface area (Å²) < 4.78 is 27.1. The molecule has 1 aliphatic heterocycles. The minimum atomic E-state index is -2.80. The van der Waals surface area contributed by atoms with E-state index in [9.17, 15) is 8.42 Å². The van der Waals surface area contributed by atoms with Gasteiger partial charge in [-0.15, -0.1) is 0 Å². The van der Waals surface area contributed by atoms with Crippen LogP contribution in [0.3, 0.4) is 0 Å². The molecule has 0 amide bonds. The summed E-state index contributed by atoms with van der Waals surface area (Å²) >= 11 is 0. The fourth-order valence-corrected chi connectivity index (χ4v) is 2.42. The Morgan fingerprint density at radius 1 is 1.33 bits per heavy atom. The number of sulfone groups is 1. The van der Waals surface area contributed by atoms with Crippen molar-refractivity contribution in [3.8, 4) is 0 Å². The topological polar surface area (TPSA) is 55.4 Å². The van der Waals surface area contributed by atoms with Gasteiger partial charge in [-0.05, 0) is 32.2 Å². The molecule has 0 saturated carbocycles. The normalized spacial score (nSPS) is 23.7. The van der Waals surface area contributed by atoms with E-state index in [0.29, 0.717) is 12.5 Å². The average Bonchev–Trinajstić information content (AvgIpc) is 2.39. The van der Waals surface area contributed by atoms with Crippen molar-refractivity contribution in [2.45, 2.75) is 31.7 Å². The first-order valence-electron chi connectivity index (χ1n) is 5.57. The largest absolute Gasteiger partial charge is 0.381 e. The number of hydrogen-bond acceptors (Lipinski definition) is 4. The zero-order valence-electron chi connectivity index (χ0n) is 9.37. The summed E-state index contributed by atoms with van der Waals surface area (Å²) in [5.41, 5.74) is 0. The molecule has 0 aromatic rings. The zero-order chi connectivity index (χ0) is 11.1. The number of ether oxygens (including phenoxy) is 1.